The molecule has 1 unspecified atom stereocenters. The number of carbonyl (C=O) groups is 1. The molecule has 1 aliphatic heterocycles. The number of hydrogen-bond acceptors (Lipinski definition) is 4. The lowest BCUT2D eigenvalue weighted by molar-refractivity contribution is -0.134. The van der Waals surface area contributed by atoms with Crippen molar-refractivity contribution in [3.63, 3.8) is 0 Å². The molecule has 1 heterocycles. The lowest BCUT2D eigenvalue weighted by atomic mass is 9.89. The number of likely N-dealkylation sites (tertiary alicyclic amines) is 1. The molecule has 3 rings (SSSR count). The molecule has 1 aliphatic rings. The van der Waals surface area contributed by atoms with Crippen molar-refractivity contribution in [2.24, 2.45) is 5.92 Å². The van der Waals surface area contributed by atoms with Gasteiger partial charge in [-0.2, -0.15) is 0 Å². The number of nitrogens with zero attached hydrogens (tertiary/aromatic N) is 1. The number of phenolic OH excluding ortho intramolecular Hbond substituents is 1. The third-order valence-electron chi connectivity index (χ3n) is 6.21. The Morgan fingerprint density at radius 3 is 2.44 bits per heavy atom. The summed E-state index contributed by atoms with van der Waals surface area (Å²) in [6.07, 6.45) is 3.16. The summed E-state index contributed by atoms with van der Waals surface area (Å²) < 4.78 is 54.9. The number of hydrogen-bond donors (Lipinski definition) is 2. The van der Waals surface area contributed by atoms with E-state index in [-0.39, 0.29) is 29.7 Å². The molecule has 0 bridgehead atoms. The first kappa shape index (κ1) is 26.1. The summed E-state index contributed by atoms with van der Waals surface area (Å²) in [5.74, 6) is -1.26. The van der Waals surface area contributed by atoms with Crippen LogP contribution in [0.5, 0.6) is 5.75 Å². The van der Waals surface area contributed by atoms with Crippen LogP contribution < -0.4 is 4.72 Å². The molecule has 0 aromatic heterocycles. The highest BCUT2D eigenvalue weighted by molar-refractivity contribution is 7.89. The molecule has 2 aromatic rings. The Labute approximate surface area is 200 Å². The number of nitrogens with one attached hydrogen (secondary N) is 1. The first-order valence-corrected chi connectivity index (χ1v) is 13.3. The van der Waals surface area contributed by atoms with Crippen LogP contribution in [0.15, 0.2) is 42.5 Å². The largest absolute Gasteiger partial charge is 0.508 e. The Balaban J connectivity index is 1.66. The first-order valence-electron chi connectivity index (χ1n) is 11.7. The van der Waals surface area contributed by atoms with Gasteiger partial charge in [-0.05, 0) is 67.3 Å². The lowest BCUT2D eigenvalue weighted by Gasteiger charge is -2.34. The van der Waals surface area contributed by atoms with Crippen LogP contribution in [-0.2, 0) is 27.7 Å². The molecule has 186 valence electrons. The van der Waals surface area contributed by atoms with Gasteiger partial charge in [0.2, 0.25) is 15.9 Å². The zero-order valence-corrected chi connectivity index (χ0v) is 20.2. The van der Waals surface area contributed by atoms with E-state index < -0.39 is 27.7 Å². The molecule has 1 amide bonds. The second-order valence-corrected chi connectivity index (χ2v) is 10.8. The number of unbranched alkanes of at least 4 members (excludes halogenated alkanes) is 1. The second-order valence-electron chi connectivity index (χ2n) is 8.92. The van der Waals surface area contributed by atoms with Crippen molar-refractivity contribution in [2.45, 2.75) is 51.5 Å². The van der Waals surface area contributed by atoms with Crippen LogP contribution in [0.2, 0.25) is 0 Å². The van der Waals surface area contributed by atoms with Crippen LogP contribution in [0.4, 0.5) is 8.78 Å². The number of carbonyl (C=O) groups excluding carboxylic acids is 1. The minimum atomic E-state index is -3.63. The molecule has 1 saturated heterocycles. The number of rotatable bonds is 10. The summed E-state index contributed by atoms with van der Waals surface area (Å²) in [6, 6.07) is 8.98. The predicted molar refractivity (Wildman–Crippen MR) is 127 cm³/mol. The zero-order chi connectivity index (χ0) is 24.7. The van der Waals surface area contributed by atoms with Gasteiger partial charge in [0, 0.05) is 19.2 Å². The van der Waals surface area contributed by atoms with Crippen molar-refractivity contribution in [1.82, 2.24) is 9.62 Å². The van der Waals surface area contributed by atoms with Crippen LogP contribution in [0.25, 0.3) is 0 Å². The highest BCUT2D eigenvalue weighted by atomic mass is 32.2. The quantitative estimate of drug-likeness (QED) is 0.526. The molecule has 34 heavy (non-hydrogen) atoms. The molecule has 0 spiro atoms. The maximum absolute atomic E-state index is 14.0. The number of piperidine rings is 1. The predicted octanol–water partition coefficient (Wildman–Crippen LogP) is 3.78. The van der Waals surface area contributed by atoms with E-state index in [1.807, 2.05) is 6.92 Å². The number of halogens is 2. The molecule has 0 saturated carbocycles. The number of aromatic hydroxyl groups is 1. The van der Waals surface area contributed by atoms with Gasteiger partial charge in [-0.3, -0.25) is 4.79 Å². The maximum Gasteiger partial charge on any atom is 0.241 e. The Kier molecular flexibility index (Phi) is 9.02. The van der Waals surface area contributed by atoms with Gasteiger partial charge in [-0.1, -0.05) is 31.5 Å². The first-order chi connectivity index (χ1) is 16.2. The summed E-state index contributed by atoms with van der Waals surface area (Å²) in [7, 11) is -3.63. The van der Waals surface area contributed by atoms with Crippen molar-refractivity contribution in [2.75, 3.05) is 18.8 Å². The van der Waals surface area contributed by atoms with E-state index >= 15 is 0 Å². The molecular weight excluding hydrogens is 462 g/mol. The fourth-order valence-corrected chi connectivity index (χ4v) is 5.64. The maximum atomic E-state index is 14.0. The molecule has 9 heteroatoms. The Hall–Kier alpha value is -2.52. The molecule has 1 atom stereocenters. The van der Waals surface area contributed by atoms with E-state index in [2.05, 4.69) is 4.72 Å². The Morgan fingerprint density at radius 2 is 1.82 bits per heavy atom. The zero-order valence-electron chi connectivity index (χ0n) is 19.3. The van der Waals surface area contributed by atoms with Gasteiger partial charge in [-0.15, -0.1) is 0 Å². The van der Waals surface area contributed by atoms with E-state index in [1.54, 1.807) is 17.0 Å². The molecular formula is C25H32F2N2O4S. The molecule has 2 aromatic carbocycles. The van der Waals surface area contributed by atoms with E-state index in [0.29, 0.717) is 44.3 Å². The smallest absolute Gasteiger partial charge is 0.241 e. The fraction of sp³-hybridized carbons (Fsp3) is 0.480. The second kappa shape index (κ2) is 11.8. The number of benzene rings is 2. The van der Waals surface area contributed by atoms with Crippen LogP contribution in [0.3, 0.4) is 0 Å². The minimum absolute atomic E-state index is 0.0475. The van der Waals surface area contributed by atoms with Crippen molar-refractivity contribution >= 4 is 15.9 Å². The van der Waals surface area contributed by atoms with E-state index in [0.717, 1.165) is 18.1 Å². The van der Waals surface area contributed by atoms with Crippen molar-refractivity contribution in [1.29, 1.82) is 0 Å². The highest BCUT2D eigenvalue weighted by Crippen LogP contribution is 2.24. The Morgan fingerprint density at radius 1 is 1.15 bits per heavy atom. The monoisotopic (exact) mass is 494 g/mol. The lowest BCUT2D eigenvalue weighted by Crippen LogP contribution is -2.52. The van der Waals surface area contributed by atoms with Crippen molar-refractivity contribution < 1.29 is 27.1 Å². The highest BCUT2D eigenvalue weighted by Gasteiger charge is 2.31. The van der Waals surface area contributed by atoms with Crippen LogP contribution in [-0.4, -0.2) is 49.2 Å². The summed E-state index contributed by atoms with van der Waals surface area (Å²) in [5, 5.41) is 9.52. The SMILES string of the molecule is CCCCS(=O)(=O)NC(Cc1ccc(O)cc1)C(=O)N1CCC(Cc2ccc(F)cc2F)CC1. The number of amides is 1. The summed E-state index contributed by atoms with van der Waals surface area (Å²) in [5.41, 5.74) is 1.19. The van der Waals surface area contributed by atoms with Gasteiger partial charge in [0.25, 0.3) is 0 Å². The van der Waals surface area contributed by atoms with Gasteiger partial charge in [-0.25, -0.2) is 21.9 Å². The van der Waals surface area contributed by atoms with Gasteiger partial charge in [0.1, 0.15) is 23.4 Å². The average molecular weight is 495 g/mol. The van der Waals surface area contributed by atoms with E-state index in [9.17, 15) is 27.1 Å². The van der Waals surface area contributed by atoms with Crippen LogP contribution in [0, 0.1) is 17.6 Å². The minimum Gasteiger partial charge on any atom is -0.508 e. The van der Waals surface area contributed by atoms with Crippen LogP contribution in [0.1, 0.15) is 43.7 Å². The third-order valence-corrected chi connectivity index (χ3v) is 7.68. The van der Waals surface area contributed by atoms with Crippen molar-refractivity contribution in [3.8, 4) is 5.75 Å². The molecule has 0 radical (unpaired) electrons. The summed E-state index contributed by atoms with van der Waals surface area (Å²) >= 11 is 0. The molecule has 0 aliphatic carbocycles. The van der Waals surface area contributed by atoms with Gasteiger partial charge >= 0.3 is 0 Å². The molecule has 2 N–H and O–H groups in total. The fourth-order valence-electron chi connectivity index (χ4n) is 4.23. The van der Waals surface area contributed by atoms with Crippen molar-refractivity contribution in [3.05, 3.63) is 65.2 Å². The van der Waals surface area contributed by atoms with Gasteiger partial charge in [0.15, 0.2) is 0 Å². The molecule has 1 fully saturated rings. The third kappa shape index (κ3) is 7.50. The average Bonchev–Trinajstić information content (AvgIpc) is 2.80. The molecule has 6 nitrogen and oxygen atoms in total. The Bertz CT molecular complexity index is 1070. The number of sulfonamides is 1. The van der Waals surface area contributed by atoms with E-state index in [4.69, 9.17) is 0 Å². The van der Waals surface area contributed by atoms with Gasteiger partial charge < -0.3 is 10.0 Å². The topological polar surface area (TPSA) is 86.7 Å². The van der Waals surface area contributed by atoms with Crippen LogP contribution >= 0.6 is 0 Å². The standard InChI is InChI=1S/C25H32F2N2O4S/c1-2-3-14-34(32,33)28-24(16-18-4-8-22(30)9-5-18)25(31)29-12-10-19(11-13-29)15-20-6-7-21(26)17-23(20)27/h4-9,17,19,24,28,30H,2-3,10-16H2,1H3. The normalized spacial score (nSPS) is 15.9. The van der Waals surface area contributed by atoms with E-state index in [1.165, 1.54) is 24.3 Å². The van der Waals surface area contributed by atoms with Gasteiger partial charge in [0.05, 0.1) is 5.75 Å². The summed E-state index contributed by atoms with van der Waals surface area (Å²) in [4.78, 5) is 15.0. The summed E-state index contributed by atoms with van der Waals surface area (Å²) in [6.45, 7) is 2.78. The number of phenols is 1.